The second-order valence-electron chi connectivity index (χ2n) is 8.36. The van der Waals surface area contributed by atoms with Gasteiger partial charge in [-0.2, -0.15) is 0 Å². The quantitative estimate of drug-likeness (QED) is 0.607. The number of ketones is 1. The third-order valence-corrected chi connectivity index (χ3v) is 6.18. The molecule has 0 saturated carbocycles. The van der Waals surface area contributed by atoms with Gasteiger partial charge in [-0.1, -0.05) is 61.0 Å². The molecule has 0 N–H and O–H groups in total. The Morgan fingerprint density at radius 1 is 1.07 bits per heavy atom. The van der Waals surface area contributed by atoms with E-state index in [0.29, 0.717) is 6.42 Å². The zero-order valence-corrected chi connectivity index (χ0v) is 18.7. The summed E-state index contributed by atoms with van der Waals surface area (Å²) in [6, 6.07) is 16.5. The fraction of sp³-hybridized carbons (Fsp3) is 0.423. The van der Waals surface area contributed by atoms with Crippen LogP contribution in [0, 0.1) is 6.92 Å². The smallest absolute Gasteiger partial charge is 0.183 e. The van der Waals surface area contributed by atoms with Crippen molar-refractivity contribution in [3.05, 3.63) is 77.0 Å². The largest absolute Gasteiger partial charge is 0.378 e. The normalized spacial score (nSPS) is 16.8. The highest BCUT2D eigenvalue weighted by molar-refractivity contribution is 6.03. The molecule has 0 aliphatic carbocycles. The van der Waals surface area contributed by atoms with E-state index in [1.807, 2.05) is 38.4 Å². The first-order valence-corrected chi connectivity index (χ1v) is 10.8. The Labute approximate surface area is 181 Å². The van der Waals surface area contributed by atoms with E-state index in [1.165, 1.54) is 11.1 Å². The molecule has 0 bridgehead atoms. The molecule has 1 fully saturated rings. The number of nitrogens with zero attached hydrogens (tertiary/aromatic N) is 2. The molecule has 30 heavy (non-hydrogen) atoms. The van der Waals surface area contributed by atoms with Crippen molar-refractivity contribution >= 4 is 11.9 Å². The monoisotopic (exact) mass is 406 g/mol. The van der Waals surface area contributed by atoms with Crippen molar-refractivity contribution in [1.29, 1.82) is 0 Å². The molecule has 2 aromatic carbocycles. The van der Waals surface area contributed by atoms with Gasteiger partial charge < -0.3 is 9.64 Å². The van der Waals surface area contributed by atoms with E-state index in [4.69, 9.17) is 4.74 Å². The fourth-order valence-electron chi connectivity index (χ4n) is 4.02. The standard InChI is InChI=1S/C26H34N2O2/c1-5-26(27(3)4,20-23-8-6-21(2)7-9-23)25(29)24-12-10-22(11-13-24)14-15-28-16-18-30-19-17-28/h6-15H,5,16-20H2,1-4H3. The first-order valence-electron chi connectivity index (χ1n) is 10.8. The molecule has 0 amide bonds. The number of carbonyl (C=O) groups is 1. The SMILES string of the molecule is CCC(Cc1ccc(C)cc1)(C(=O)c1ccc(C=CN2CCOCC2)cc1)N(C)C. The van der Waals surface area contributed by atoms with Crippen LogP contribution >= 0.6 is 0 Å². The number of Topliss-reactive ketones (excluding diaryl/α,β-unsaturated/α-hetero) is 1. The molecule has 4 heteroatoms. The van der Waals surface area contributed by atoms with Crippen molar-refractivity contribution in [1.82, 2.24) is 9.80 Å². The molecule has 4 nitrogen and oxygen atoms in total. The third-order valence-electron chi connectivity index (χ3n) is 6.18. The lowest BCUT2D eigenvalue weighted by atomic mass is 9.80. The van der Waals surface area contributed by atoms with E-state index in [-0.39, 0.29) is 5.78 Å². The summed E-state index contributed by atoms with van der Waals surface area (Å²) < 4.78 is 5.39. The van der Waals surface area contributed by atoms with E-state index in [0.717, 1.165) is 43.9 Å². The zero-order valence-electron chi connectivity index (χ0n) is 18.7. The average molecular weight is 407 g/mol. The van der Waals surface area contributed by atoms with Crippen LogP contribution < -0.4 is 0 Å². The van der Waals surface area contributed by atoms with Crippen molar-refractivity contribution in [2.24, 2.45) is 0 Å². The Balaban J connectivity index is 1.78. The summed E-state index contributed by atoms with van der Waals surface area (Å²) in [6.45, 7) is 7.60. The minimum Gasteiger partial charge on any atom is -0.378 e. The molecule has 0 radical (unpaired) electrons. The van der Waals surface area contributed by atoms with Crippen LogP contribution in [0.25, 0.3) is 6.08 Å². The summed E-state index contributed by atoms with van der Waals surface area (Å²) in [5.74, 6) is 0.180. The first kappa shape index (κ1) is 22.3. The van der Waals surface area contributed by atoms with E-state index in [2.05, 4.69) is 60.2 Å². The van der Waals surface area contributed by atoms with Gasteiger partial charge in [0.25, 0.3) is 0 Å². The number of hydrogen-bond acceptors (Lipinski definition) is 4. The number of morpholine rings is 1. The third kappa shape index (κ3) is 5.18. The number of hydrogen-bond donors (Lipinski definition) is 0. The van der Waals surface area contributed by atoms with Gasteiger partial charge in [0, 0.05) is 18.7 Å². The van der Waals surface area contributed by atoms with Gasteiger partial charge >= 0.3 is 0 Å². The molecule has 1 saturated heterocycles. The van der Waals surface area contributed by atoms with Gasteiger partial charge in [0.2, 0.25) is 0 Å². The van der Waals surface area contributed by atoms with Gasteiger partial charge in [0.1, 0.15) is 0 Å². The summed E-state index contributed by atoms with van der Waals surface area (Å²) in [7, 11) is 4.02. The Hall–Kier alpha value is -2.43. The molecular formula is C26H34N2O2. The van der Waals surface area contributed by atoms with Crippen LogP contribution in [-0.2, 0) is 11.2 Å². The maximum Gasteiger partial charge on any atom is 0.183 e. The number of ether oxygens (including phenoxy) is 1. The lowest BCUT2D eigenvalue weighted by Gasteiger charge is -2.38. The van der Waals surface area contributed by atoms with Crippen molar-refractivity contribution < 1.29 is 9.53 Å². The van der Waals surface area contributed by atoms with Crippen LogP contribution in [0.4, 0.5) is 0 Å². The van der Waals surface area contributed by atoms with E-state index in [9.17, 15) is 4.79 Å². The number of rotatable bonds is 8. The summed E-state index contributed by atoms with van der Waals surface area (Å²) in [5, 5.41) is 0. The maximum absolute atomic E-state index is 13.6. The van der Waals surface area contributed by atoms with Gasteiger partial charge in [0.15, 0.2) is 5.78 Å². The minimum absolute atomic E-state index is 0.180. The van der Waals surface area contributed by atoms with Gasteiger partial charge in [0.05, 0.1) is 18.8 Å². The van der Waals surface area contributed by atoms with Crippen LogP contribution in [0.1, 0.15) is 40.4 Å². The Kier molecular flexibility index (Phi) is 7.46. The lowest BCUT2D eigenvalue weighted by molar-refractivity contribution is 0.0597. The Morgan fingerprint density at radius 2 is 1.70 bits per heavy atom. The molecule has 1 atom stereocenters. The maximum atomic E-state index is 13.6. The van der Waals surface area contributed by atoms with Gasteiger partial charge in [-0.3, -0.25) is 9.69 Å². The lowest BCUT2D eigenvalue weighted by Crippen LogP contribution is -2.52. The molecule has 1 aliphatic rings. The second kappa shape index (κ2) is 10.1. The topological polar surface area (TPSA) is 32.8 Å². The highest BCUT2D eigenvalue weighted by Crippen LogP contribution is 2.28. The molecular weight excluding hydrogens is 372 g/mol. The molecule has 1 aliphatic heterocycles. The van der Waals surface area contributed by atoms with Crippen molar-refractivity contribution in [2.45, 2.75) is 32.2 Å². The predicted octanol–water partition coefficient (Wildman–Crippen LogP) is 4.43. The number of benzene rings is 2. The van der Waals surface area contributed by atoms with Crippen LogP contribution in [0.3, 0.4) is 0 Å². The molecule has 3 rings (SSSR count). The van der Waals surface area contributed by atoms with E-state index in [1.54, 1.807) is 0 Å². The molecule has 2 aromatic rings. The summed E-state index contributed by atoms with van der Waals surface area (Å²) in [4.78, 5) is 18.0. The highest BCUT2D eigenvalue weighted by Gasteiger charge is 2.39. The Morgan fingerprint density at radius 3 is 2.27 bits per heavy atom. The van der Waals surface area contributed by atoms with E-state index < -0.39 is 5.54 Å². The number of carbonyl (C=O) groups excluding carboxylic acids is 1. The highest BCUT2D eigenvalue weighted by atomic mass is 16.5. The summed E-state index contributed by atoms with van der Waals surface area (Å²) in [6.07, 6.45) is 5.68. The summed E-state index contributed by atoms with van der Waals surface area (Å²) >= 11 is 0. The van der Waals surface area contributed by atoms with Crippen molar-refractivity contribution in [2.75, 3.05) is 40.4 Å². The molecule has 0 aromatic heterocycles. The zero-order chi connectivity index (χ0) is 21.6. The molecule has 1 unspecified atom stereocenters. The van der Waals surface area contributed by atoms with Crippen molar-refractivity contribution in [3.63, 3.8) is 0 Å². The number of likely N-dealkylation sites (N-methyl/N-ethyl adjacent to an activating group) is 1. The second-order valence-corrected chi connectivity index (χ2v) is 8.36. The Bertz CT molecular complexity index is 850. The molecule has 0 spiro atoms. The van der Waals surface area contributed by atoms with Gasteiger partial charge in [-0.05, 0) is 57.3 Å². The van der Waals surface area contributed by atoms with Gasteiger partial charge in [-0.15, -0.1) is 0 Å². The number of aryl methyl sites for hydroxylation is 1. The fourth-order valence-corrected chi connectivity index (χ4v) is 4.02. The molecule has 160 valence electrons. The van der Waals surface area contributed by atoms with Crippen LogP contribution in [0.15, 0.2) is 54.7 Å². The van der Waals surface area contributed by atoms with Crippen LogP contribution in [0.5, 0.6) is 0 Å². The first-order chi connectivity index (χ1) is 14.4. The minimum atomic E-state index is -0.555. The van der Waals surface area contributed by atoms with Gasteiger partial charge in [-0.25, -0.2) is 0 Å². The average Bonchev–Trinajstić information content (AvgIpc) is 2.78. The summed E-state index contributed by atoms with van der Waals surface area (Å²) in [5.41, 5.74) is 3.73. The van der Waals surface area contributed by atoms with Crippen molar-refractivity contribution in [3.8, 4) is 0 Å². The molecule has 1 heterocycles. The van der Waals surface area contributed by atoms with Crippen LogP contribution in [-0.4, -0.2) is 61.5 Å². The van der Waals surface area contributed by atoms with E-state index >= 15 is 0 Å². The van der Waals surface area contributed by atoms with Crippen LogP contribution in [0.2, 0.25) is 0 Å². The predicted molar refractivity (Wildman–Crippen MR) is 124 cm³/mol.